The number of carbonyl (C=O) groups is 1. The number of hydrogen-bond donors (Lipinski definition) is 2. The van der Waals surface area contributed by atoms with Gasteiger partial charge in [0.1, 0.15) is 16.4 Å². The average molecular weight is 538 g/mol. The third-order valence-corrected chi connectivity index (χ3v) is 7.52. The van der Waals surface area contributed by atoms with E-state index in [1.807, 2.05) is 45.5 Å². The standard InChI is InChI=1S/C27H35N7O3S/c1-15-12-29-20(16(2)22(15)36-6)13-34-23-21-19(33-34)11-17(9-10-28-18-7-8-18)14-38-24(21)31-25(30-23)32-26(35)37-27(3,4)5/h11-12,18,28H,7-10,13-14H2,1-6H3,(H,30,31,32,35). The third kappa shape index (κ3) is 5.94. The van der Waals surface area contributed by atoms with Gasteiger partial charge in [0.15, 0.2) is 5.65 Å². The third-order valence-electron chi connectivity index (χ3n) is 6.44. The van der Waals surface area contributed by atoms with Crippen LogP contribution in [0.25, 0.3) is 17.1 Å². The Morgan fingerprint density at radius 1 is 1.24 bits per heavy atom. The molecule has 38 heavy (non-hydrogen) atoms. The molecule has 1 aliphatic heterocycles. The van der Waals surface area contributed by atoms with Gasteiger partial charge in [0.05, 0.1) is 30.4 Å². The Balaban J connectivity index is 1.52. The summed E-state index contributed by atoms with van der Waals surface area (Å²) in [5.41, 5.74) is 4.91. The van der Waals surface area contributed by atoms with Crippen molar-refractivity contribution in [2.45, 2.75) is 77.1 Å². The lowest BCUT2D eigenvalue weighted by atomic mass is 10.1. The minimum absolute atomic E-state index is 0.187. The van der Waals surface area contributed by atoms with Gasteiger partial charge in [-0.05, 0) is 66.5 Å². The molecule has 1 aliphatic carbocycles. The second-order valence-electron chi connectivity index (χ2n) is 10.8. The van der Waals surface area contributed by atoms with Crippen molar-refractivity contribution in [3.63, 3.8) is 0 Å². The molecule has 1 saturated carbocycles. The van der Waals surface area contributed by atoms with Gasteiger partial charge >= 0.3 is 6.09 Å². The summed E-state index contributed by atoms with van der Waals surface area (Å²) in [6.07, 6.45) is 6.86. The highest BCUT2D eigenvalue weighted by molar-refractivity contribution is 7.99. The molecular formula is C27H35N7O3S. The molecule has 202 valence electrons. The van der Waals surface area contributed by atoms with Gasteiger partial charge in [-0.25, -0.2) is 14.5 Å². The summed E-state index contributed by atoms with van der Waals surface area (Å²) in [7, 11) is 1.67. The van der Waals surface area contributed by atoms with Crippen LogP contribution in [0.2, 0.25) is 0 Å². The first kappa shape index (κ1) is 26.4. The number of aryl methyl sites for hydroxylation is 1. The van der Waals surface area contributed by atoms with Crippen LogP contribution in [0.1, 0.15) is 62.5 Å². The number of nitrogens with one attached hydrogen (secondary N) is 2. The van der Waals surface area contributed by atoms with Crippen LogP contribution in [0.3, 0.4) is 0 Å². The van der Waals surface area contributed by atoms with Crippen LogP contribution in [-0.4, -0.2) is 61.9 Å². The molecule has 3 aromatic heterocycles. The molecule has 0 atom stereocenters. The lowest BCUT2D eigenvalue weighted by molar-refractivity contribution is 0.0634. The second-order valence-corrected chi connectivity index (χ2v) is 11.8. The number of carbonyl (C=O) groups excluding carboxylic acids is 1. The average Bonchev–Trinajstić information content (AvgIpc) is 3.62. The molecule has 0 saturated heterocycles. The van der Waals surface area contributed by atoms with Gasteiger partial charge in [-0.15, -0.1) is 11.8 Å². The lowest BCUT2D eigenvalue weighted by Gasteiger charge is -2.19. The van der Waals surface area contributed by atoms with Gasteiger partial charge in [-0.3, -0.25) is 10.3 Å². The number of rotatable bonds is 8. The number of aromatic nitrogens is 5. The van der Waals surface area contributed by atoms with Crippen LogP contribution in [-0.2, 0) is 11.3 Å². The molecule has 0 unspecified atom stereocenters. The maximum Gasteiger partial charge on any atom is 0.414 e. The molecule has 11 heteroatoms. The minimum atomic E-state index is -0.634. The van der Waals surface area contributed by atoms with E-state index in [0.717, 1.165) is 57.4 Å². The van der Waals surface area contributed by atoms with Crippen molar-refractivity contribution >= 4 is 40.9 Å². The monoisotopic (exact) mass is 537 g/mol. The van der Waals surface area contributed by atoms with Crippen molar-refractivity contribution in [2.24, 2.45) is 0 Å². The Kier molecular flexibility index (Phi) is 7.32. The molecule has 3 aromatic rings. The fourth-order valence-electron chi connectivity index (χ4n) is 4.47. The van der Waals surface area contributed by atoms with Crippen LogP contribution in [0, 0.1) is 13.8 Å². The minimum Gasteiger partial charge on any atom is -0.496 e. The van der Waals surface area contributed by atoms with Crippen LogP contribution in [0.5, 0.6) is 5.75 Å². The van der Waals surface area contributed by atoms with Gasteiger partial charge in [-0.1, -0.05) is 5.57 Å². The molecule has 4 heterocycles. The predicted octanol–water partition coefficient (Wildman–Crippen LogP) is 4.87. The Labute approximate surface area is 227 Å². The highest BCUT2D eigenvalue weighted by atomic mass is 32.2. The summed E-state index contributed by atoms with van der Waals surface area (Å²) in [5.74, 6) is 1.81. The van der Waals surface area contributed by atoms with Crippen molar-refractivity contribution in [3.8, 4) is 5.75 Å². The number of anilines is 1. The summed E-state index contributed by atoms with van der Waals surface area (Å²) < 4.78 is 12.9. The van der Waals surface area contributed by atoms with E-state index in [1.54, 1.807) is 18.9 Å². The van der Waals surface area contributed by atoms with Crippen LogP contribution < -0.4 is 15.4 Å². The van der Waals surface area contributed by atoms with Crippen molar-refractivity contribution < 1.29 is 14.3 Å². The summed E-state index contributed by atoms with van der Waals surface area (Å²) in [6.45, 7) is 10.8. The van der Waals surface area contributed by atoms with Crippen LogP contribution in [0.15, 0.2) is 16.8 Å². The fraction of sp³-hybridized carbons (Fsp3) is 0.519. The van der Waals surface area contributed by atoms with Crippen molar-refractivity contribution in [1.29, 1.82) is 0 Å². The zero-order valence-electron chi connectivity index (χ0n) is 22.8. The van der Waals surface area contributed by atoms with Crippen molar-refractivity contribution in [3.05, 3.63) is 34.3 Å². The molecule has 2 aliphatic rings. The maximum atomic E-state index is 12.5. The number of ether oxygens (including phenoxy) is 2. The Morgan fingerprint density at radius 2 is 2.03 bits per heavy atom. The van der Waals surface area contributed by atoms with Gasteiger partial charge in [0, 0.05) is 29.1 Å². The number of methoxy groups -OCH3 is 1. The predicted molar refractivity (Wildman–Crippen MR) is 149 cm³/mol. The quantitative estimate of drug-likeness (QED) is 0.388. The first-order chi connectivity index (χ1) is 18.1. The number of hydrogen-bond acceptors (Lipinski definition) is 9. The number of pyridine rings is 1. The molecule has 5 rings (SSSR count). The van der Waals surface area contributed by atoms with E-state index in [-0.39, 0.29) is 5.95 Å². The summed E-state index contributed by atoms with van der Waals surface area (Å²) in [6, 6.07) is 0.673. The maximum absolute atomic E-state index is 12.5. The number of thioether (sulfide) groups is 1. The molecule has 0 spiro atoms. The summed E-state index contributed by atoms with van der Waals surface area (Å²) in [4.78, 5) is 26.6. The first-order valence-corrected chi connectivity index (χ1v) is 13.9. The van der Waals surface area contributed by atoms with Crippen LogP contribution in [0.4, 0.5) is 10.7 Å². The molecule has 0 bridgehead atoms. The number of nitrogens with zero attached hydrogens (tertiary/aromatic N) is 5. The summed E-state index contributed by atoms with van der Waals surface area (Å²) >= 11 is 1.64. The highest BCUT2D eigenvalue weighted by Crippen LogP contribution is 2.36. The van der Waals surface area contributed by atoms with E-state index in [9.17, 15) is 4.79 Å². The first-order valence-electron chi connectivity index (χ1n) is 12.9. The smallest absolute Gasteiger partial charge is 0.414 e. The Hall–Kier alpha value is -3.18. The molecule has 0 radical (unpaired) electrons. The zero-order valence-corrected chi connectivity index (χ0v) is 23.7. The normalized spacial score (nSPS) is 15.3. The molecular weight excluding hydrogens is 502 g/mol. The Morgan fingerprint density at radius 3 is 2.74 bits per heavy atom. The molecule has 1 amide bonds. The molecule has 10 nitrogen and oxygen atoms in total. The van der Waals surface area contributed by atoms with Crippen molar-refractivity contribution in [1.82, 2.24) is 30.0 Å². The highest BCUT2D eigenvalue weighted by Gasteiger charge is 2.25. The largest absolute Gasteiger partial charge is 0.496 e. The number of amides is 1. The molecule has 1 fully saturated rings. The second kappa shape index (κ2) is 10.5. The zero-order chi connectivity index (χ0) is 27.0. The topological polar surface area (TPSA) is 116 Å². The van der Waals surface area contributed by atoms with Gasteiger partial charge < -0.3 is 14.8 Å². The fourth-order valence-corrected chi connectivity index (χ4v) is 5.51. The van der Waals surface area contributed by atoms with E-state index in [4.69, 9.17) is 24.5 Å². The summed E-state index contributed by atoms with van der Waals surface area (Å²) in [5, 5.41) is 12.9. The molecule has 0 aromatic carbocycles. The lowest BCUT2D eigenvalue weighted by Crippen LogP contribution is -2.28. The van der Waals surface area contributed by atoms with Gasteiger partial charge in [0.2, 0.25) is 5.95 Å². The van der Waals surface area contributed by atoms with E-state index >= 15 is 0 Å². The SMILES string of the molecule is COc1c(C)cnc(Cn2nc3c4c(nc(NC(=O)OC(C)(C)C)nc42)SCC(CCNC2CC2)=C3)c1C. The van der Waals surface area contributed by atoms with Crippen LogP contribution >= 0.6 is 11.8 Å². The van der Waals surface area contributed by atoms with E-state index in [0.29, 0.717) is 18.2 Å². The molecule has 2 N–H and O–H groups in total. The van der Waals surface area contributed by atoms with Gasteiger partial charge in [-0.2, -0.15) is 10.1 Å². The Bertz CT molecular complexity index is 1410. The van der Waals surface area contributed by atoms with Crippen molar-refractivity contribution in [2.75, 3.05) is 24.7 Å². The van der Waals surface area contributed by atoms with Gasteiger partial charge in [0.25, 0.3) is 0 Å². The van der Waals surface area contributed by atoms with E-state index in [2.05, 4.69) is 21.7 Å². The van der Waals surface area contributed by atoms with E-state index in [1.165, 1.54) is 18.4 Å². The van der Waals surface area contributed by atoms with E-state index < -0.39 is 11.7 Å².